The van der Waals surface area contributed by atoms with Gasteiger partial charge in [-0.25, -0.2) is 19.7 Å². The number of nitrogens with two attached hydrogens (primary N) is 1. The van der Waals surface area contributed by atoms with E-state index in [0.717, 1.165) is 22.3 Å². The number of carboxylic acid groups (broad SMARTS) is 1. The summed E-state index contributed by atoms with van der Waals surface area (Å²) in [6.07, 6.45) is 2.94. The highest BCUT2D eigenvalue weighted by Gasteiger charge is 2.23. The highest BCUT2D eigenvalue weighted by molar-refractivity contribution is 6.32. The molecule has 1 unspecified atom stereocenters. The number of halogens is 1. The molecule has 9 heteroatoms. The second-order valence-corrected chi connectivity index (χ2v) is 8.17. The lowest BCUT2D eigenvalue weighted by Gasteiger charge is -2.24. The number of aromatic carboxylic acids is 1. The van der Waals surface area contributed by atoms with Crippen molar-refractivity contribution in [3.05, 3.63) is 58.1 Å². The Morgan fingerprint density at radius 3 is 2.50 bits per heavy atom. The van der Waals surface area contributed by atoms with Crippen molar-refractivity contribution in [1.82, 2.24) is 15.0 Å². The zero-order valence-corrected chi connectivity index (χ0v) is 19.4. The van der Waals surface area contributed by atoms with Crippen LogP contribution in [0.4, 0.5) is 11.6 Å². The summed E-state index contributed by atoms with van der Waals surface area (Å²) in [7, 11) is 1.59. The summed E-state index contributed by atoms with van der Waals surface area (Å²) in [5.41, 5.74) is 9.96. The molecule has 0 aliphatic carbocycles. The fraction of sp³-hybridized carbons (Fsp3) is 0.304. The molecule has 4 N–H and O–H groups in total. The van der Waals surface area contributed by atoms with E-state index in [-0.39, 0.29) is 17.7 Å². The number of benzene rings is 1. The van der Waals surface area contributed by atoms with Crippen LogP contribution >= 0.6 is 11.6 Å². The minimum atomic E-state index is -1.09. The van der Waals surface area contributed by atoms with Gasteiger partial charge in [0.1, 0.15) is 29.4 Å². The lowest BCUT2D eigenvalue weighted by Crippen LogP contribution is -2.14. The molecule has 0 spiro atoms. The Labute approximate surface area is 191 Å². The van der Waals surface area contributed by atoms with Gasteiger partial charge >= 0.3 is 5.97 Å². The van der Waals surface area contributed by atoms with Crippen LogP contribution in [0.2, 0.25) is 5.02 Å². The van der Waals surface area contributed by atoms with Gasteiger partial charge in [-0.3, -0.25) is 0 Å². The lowest BCUT2D eigenvalue weighted by molar-refractivity contribution is 0.0690. The largest absolute Gasteiger partial charge is 0.496 e. The van der Waals surface area contributed by atoms with Crippen LogP contribution in [0.5, 0.6) is 5.75 Å². The van der Waals surface area contributed by atoms with Crippen LogP contribution in [0, 0.1) is 6.92 Å². The van der Waals surface area contributed by atoms with Gasteiger partial charge in [-0.05, 0) is 37.5 Å². The van der Waals surface area contributed by atoms with E-state index in [2.05, 4.69) is 20.3 Å². The number of methoxy groups -OCH3 is 1. The van der Waals surface area contributed by atoms with Gasteiger partial charge in [-0.15, -0.1) is 0 Å². The van der Waals surface area contributed by atoms with Crippen LogP contribution in [-0.4, -0.2) is 33.1 Å². The summed E-state index contributed by atoms with van der Waals surface area (Å²) in [6.45, 7) is 7.91. The topological polar surface area (TPSA) is 123 Å². The van der Waals surface area contributed by atoms with E-state index >= 15 is 0 Å². The first kappa shape index (κ1) is 23.3. The van der Waals surface area contributed by atoms with Gasteiger partial charge < -0.3 is 20.9 Å². The van der Waals surface area contributed by atoms with E-state index in [1.165, 1.54) is 18.6 Å². The van der Waals surface area contributed by atoms with E-state index in [1.54, 1.807) is 13.2 Å². The number of hydrogen-bond donors (Lipinski definition) is 3. The molecule has 2 aromatic heterocycles. The van der Waals surface area contributed by atoms with Gasteiger partial charge in [-0.2, -0.15) is 0 Å². The Hall–Kier alpha value is -3.39. The molecule has 3 rings (SSSR count). The highest BCUT2D eigenvalue weighted by Crippen LogP contribution is 2.43. The van der Waals surface area contributed by atoms with Gasteiger partial charge in [0.2, 0.25) is 0 Å². The van der Waals surface area contributed by atoms with Crippen molar-refractivity contribution in [1.29, 1.82) is 0 Å². The smallest absolute Gasteiger partial charge is 0.354 e. The third kappa shape index (κ3) is 4.45. The standard InChI is InChI=1S/C23H26ClN5O3/c1-11(2)18-21(25)27-10-28-22(18)29-13(4)15-8-16(24)12(3)19(20(15)32-5)14-6-7-17(23(30)31)26-9-14/h6-11,13H,1-5H3,(H,30,31)(H3,25,27,28,29). The summed E-state index contributed by atoms with van der Waals surface area (Å²) < 4.78 is 5.80. The predicted molar refractivity (Wildman–Crippen MR) is 126 cm³/mol. The molecule has 32 heavy (non-hydrogen) atoms. The molecular formula is C23H26ClN5O3. The number of anilines is 2. The second-order valence-electron chi connectivity index (χ2n) is 7.76. The SMILES string of the molecule is COc1c(C(C)Nc2ncnc(N)c2C(C)C)cc(Cl)c(C)c1-c1ccc(C(=O)O)nc1. The number of carboxylic acids is 1. The third-order valence-electron chi connectivity index (χ3n) is 5.29. The first-order chi connectivity index (χ1) is 15.1. The fourth-order valence-corrected chi connectivity index (χ4v) is 3.89. The van der Waals surface area contributed by atoms with E-state index in [9.17, 15) is 4.79 Å². The van der Waals surface area contributed by atoms with Crippen LogP contribution in [0.15, 0.2) is 30.7 Å². The zero-order valence-electron chi connectivity index (χ0n) is 18.6. The number of pyridine rings is 1. The Morgan fingerprint density at radius 1 is 1.22 bits per heavy atom. The Kier molecular flexibility index (Phi) is 6.84. The third-order valence-corrected chi connectivity index (χ3v) is 5.68. The van der Waals surface area contributed by atoms with Gasteiger partial charge in [0, 0.05) is 33.5 Å². The summed E-state index contributed by atoms with van der Waals surface area (Å²) in [6, 6.07) is 4.77. The molecule has 0 aliphatic rings. The number of nitrogens with zero attached hydrogens (tertiary/aromatic N) is 3. The number of ether oxygens (including phenoxy) is 1. The number of carbonyl (C=O) groups is 1. The first-order valence-corrected chi connectivity index (χ1v) is 10.5. The zero-order chi connectivity index (χ0) is 23.6. The number of aromatic nitrogens is 3. The van der Waals surface area contributed by atoms with Crippen molar-refractivity contribution in [2.45, 2.75) is 39.7 Å². The van der Waals surface area contributed by atoms with Crippen molar-refractivity contribution in [3.8, 4) is 16.9 Å². The molecule has 1 atom stereocenters. The van der Waals surface area contributed by atoms with E-state index in [1.807, 2.05) is 33.8 Å². The fourth-order valence-electron chi connectivity index (χ4n) is 3.68. The summed E-state index contributed by atoms with van der Waals surface area (Å²) in [5.74, 6) is 0.736. The van der Waals surface area contributed by atoms with Gasteiger partial charge in [0.25, 0.3) is 0 Å². The maximum absolute atomic E-state index is 11.2. The van der Waals surface area contributed by atoms with Crippen LogP contribution in [0.3, 0.4) is 0 Å². The van der Waals surface area contributed by atoms with Crippen LogP contribution in [-0.2, 0) is 0 Å². The van der Waals surface area contributed by atoms with E-state index < -0.39 is 5.97 Å². The lowest BCUT2D eigenvalue weighted by atomic mass is 9.94. The van der Waals surface area contributed by atoms with Crippen molar-refractivity contribution < 1.29 is 14.6 Å². The molecule has 0 amide bonds. The second kappa shape index (κ2) is 9.40. The molecule has 3 aromatic rings. The van der Waals surface area contributed by atoms with Crippen molar-refractivity contribution in [3.63, 3.8) is 0 Å². The molecule has 0 saturated heterocycles. The monoisotopic (exact) mass is 455 g/mol. The van der Waals surface area contributed by atoms with E-state index in [0.29, 0.717) is 28.0 Å². The molecule has 1 aromatic carbocycles. The minimum absolute atomic E-state index is 0.0368. The summed E-state index contributed by atoms with van der Waals surface area (Å²) >= 11 is 6.59. The molecule has 0 bridgehead atoms. The number of nitrogens with one attached hydrogen (secondary N) is 1. The Balaban J connectivity index is 2.10. The minimum Gasteiger partial charge on any atom is -0.496 e. The van der Waals surface area contributed by atoms with Crippen molar-refractivity contribution in [2.24, 2.45) is 0 Å². The molecule has 0 fully saturated rings. The van der Waals surface area contributed by atoms with Crippen LogP contribution < -0.4 is 15.8 Å². The molecule has 2 heterocycles. The highest BCUT2D eigenvalue weighted by atomic mass is 35.5. The van der Waals surface area contributed by atoms with Gasteiger partial charge in [0.15, 0.2) is 0 Å². The molecule has 0 aliphatic heterocycles. The quantitative estimate of drug-likeness (QED) is 0.450. The maximum Gasteiger partial charge on any atom is 0.354 e. The van der Waals surface area contributed by atoms with Crippen LogP contribution in [0.25, 0.3) is 11.1 Å². The Bertz CT molecular complexity index is 1150. The van der Waals surface area contributed by atoms with Crippen molar-refractivity contribution >= 4 is 29.2 Å². The molecule has 168 valence electrons. The van der Waals surface area contributed by atoms with Crippen molar-refractivity contribution in [2.75, 3.05) is 18.2 Å². The summed E-state index contributed by atoms with van der Waals surface area (Å²) in [5, 5.41) is 13.1. The Morgan fingerprint density at radius 2 is 1.94 bits per heavy atom. The van der Waals surface area contributed by atoms with E-state index in [4.69, 9.17) is 27.2 Å². The molecule has 8 nitrogen and oxygen atoms in total. The normalized spacial score (nSPS) is 12.0. The maximum atomic E-state index is 11.2. The molecular weight excluding hydrogens is 430 g/mol. The average Bonchev–Trinajstić information content (AvgIpc) is 2.75. The predicted octanol–water partition coefficient (Wildman–Crippen LogP) is 5.09. The van der Waals surface area contributed by atoms with Gasteiger partial charge in [-0.1, -0.05) is 31.5 Å². The first-order valence-electron chi connectivity index (χ1n) is 10.1. The van der Waals surface area contributed by atoms with Crippen LogP contribution in [0.1, 0.15) is 59.9 Å². The summed E-state index contributed by atoms with van der Waals surface area (Å²) in [4.78, 5) is 23.7. The number of nitrogen functional groups attached to an aromatic ring is 1. The average molecular weight is 456 g/mol. The number of hydrogen-bond acceptors (Lipinski definition) is 7. The number of rotatable bonds is 7. The molecule has 0 saturated carbocycles. The van der Waals surface area contributed by atoms with Gasteiger partial charge in [0.05, 0.1) is 13.2 Å². The molecule has 0 radical (unpaired) electrons.